The maximum atomic E-state index is 14.4. The molecule has 0 amide bonds. The van der Waals surface area contributed by atoms with E-state index in [1.54, 1.807) is 18.6 Å². The second-order valence-electron chi connectivity index (χ2n) is 9.11. The van der Waals surface area contributed by atoms with Gasteiger partial charge in [-0.15, -0.1) is 0 Å². The number of benzene rings is 1. The van der Waals surface area contributed by atoms with Crippen LogP contribution >= 0.6 is 11.6 Å². The van der Waals surface area contributed by atoms with Crippen LogP contribution in [-0.2, 0) is 0 Å². The van der Waals surface area contributed by atoms with Crippen LogP contribution in [0, 0.1) is 12.7 Å². The number of hydrogen-bond acceptors (Lipinski definition) is 4. The first kappa shape index (κ1) is 23.4. The standard InChI is InChI=1S/C26H26ClF3N4O2/c1-13(23-22(36-26(29)30)8-7-21(28)24(23)27)19-11-32-25-18(19)9-15(10-31-25)20-12-33-34(14(20)2)16-3-5-17(35)6-4-16/h7-13,16-17,26,35H,3-6H2,1-2H3,(H,31,32)/t13-,16?,17?/m0/s1/i13D. The van der Waals surface area contributed by atoms with Crippen molar-refractivity contribution in [2.45, 2.75) is 64.2 Å². The van der Waals surface area contributed by atoms with E-state index in [2.05, 4.69) is 19.8 Å². The van der Waals surface area contributed by atoms with Crippen LogP contribution in [-0.4, -0.2) is 37.6 Å². The van der Waals surface area contributed by atoms with Crippen molar-refractivity contribution in [1.82, 2.24) is 19.7 Å². The molecule has 6 nitrogen and oxygen atoms in total. The average Bonchev–Trinajstić information content (AvgIpc) is 3.45. The van der Waals surface area contributed by atoms with Gasteiger partial charge in [0.15, 0.2) is 0 Å². The maximum Gasteiger partial charge on any atom is 0.387 e. The number of H-pyrrole nitrogens is 1. The van der Waals surface area contributed by atoms with E-state index >= 15 is 0 Å². The zero-order valence-corrected chi connectivity index (χ0v) is 20.5. The van der Waals surface area contributed by atoms with Gasteiger partial charge in [-0.1, -0.05) is 18.5 Å². The van der Waals surface area contributed by atoms with Gasteiger partial charge >= 0.3 is 6.61 Å². The summed E-state index contributed by atoms with van der Waals surface area (Å²) in [7, 11) is 0. The molecule has 1 atom stereocenters. The van der Waals surface area contributed by atoms with Crippen molar-refractivity contribution in [3.8, 4) is 16.9 Å². The lowest BCUT2D eigenvalue weighted by molar-refractivity contribution is -0.0505. The molecule has 2 N–H and O–H groups in total. The highest BCUT2D eigenvalue weighted by Crippen LogP contribution is 2.42. The Hall–Kier alpha value is -3.04. The van der Waals surface area contributed by atoms with E-state index in [0.717, 1.165) is 54.6 Å². The summed E-state index contributed by atoms with van der Waals surface area (Å²) in [5.74, 6) is -2.97. The minimum Gasteiger partial charge on any atom is -0.434 e. The first-order valence-corrected chi connectivity index (χ1v) is 12.1. The van der Waals surface area contributed by atoms with Gasteiger partial charge in [0.05, 0.1) is 23.4 Å². The fraction of sp³-hybridized carbons (Fsp3) is 0.385. The molecule has 0 unspecified atom stereocenters. The van der Waals surface area contributed by atoms with E-state index in [4.69, 9.17) is 13.0 Å². The quantitative estimate of drug-likeness (QED) is 0.295. The number of nitrogens with one attached hydrogen (secondary N) is 1. The lowest BCUT2D eigenvalue weighted by Crippen LogP contribution is -2.22. The fourth-order valence-electron chi connectivity index (χ4n) is 5.05. The number of halogens is 4. The molecule has 190 valence electrons. The Kier molecular flexibility index (Phi) is 6.35. The highest BCUT2D eigenvalue weighted by Gasteiger charge is 2.26. The van der Waals surface area contributed by atoms with Gasteiger partial charge in [-0.05, 0) is 56.4 Å². The molecule has 10 heteroatoms. The number of fused-ring (bicyclic) bond motifs is 1. The molecule has 1 saturated carbocycles. The number of alkyl halides is 2. The molecule has 0 aliphatic heterocycles. The van der Waals surface area contributed by atoms with Crippen LogP contribution in [0.4, 0.5) is 13.2 Å². The van der Waals surface area contributed by atoms with Gasteiger partial charge in [-0.3, -0.25) is 4.68 Å². The normalized spacial score (nSPS) is 20.5. The van der Waals surface area contributed by atoms with Gasteiger partial charge in [-0.2, -0.15) is 13.9 Å². The Morgan fingerprint density at radius 3 is 2.72 bits per heavy atom. The van der Waals surface area contributed by atoms with E-state index in [1.807, 2.05) is 17.7 Å². The van der Waals surface area contributed by atoms with Gasteiger partial charge in [0.1, 0.15) is 17.2 Å². The van der Waals surface area contributed by atoms with Crippen molar-refractivity contribution in [2.75, 3.05) is 0 Å². The van der Waals surface area contributed by atoms with E-state index in [1.165, 1.54) is 6.92 Å². The number of nitrogens with zero attached hydrogens (tertiary/aromatic N) is 3. The number of pyridine rings is 1. The molecule has 36 heavy (non-hydrogen) atoms. The van der Waals surface area contributed by atoms with Crippen LogP contribution in [0.5, 0.6) is 5.75 Å². The summed E-state index contributed by atoms with van der Waals surface area (Å²) >= 11 is 6.20. The summed E-state index contributed by atoms with van der Waals surface area (Å²) in [6, 6.07) is 4.04. The highest BCUT2D eigenvalue weighted by atomic mass is 35.5. The second-order valence-corrected chi connectivity index (χ2v) is 9.49. The molecular formula is C26H26ClF3N4O2. The zero-order chi connectivity index (χ0) is 26.5. The minimum absolute atomic E-state index is 0.204. The number of ether oxygens (including phenoxy) is 1. The number of rotatable bonds is 6. The molecule has 1 aliphatic rings. The summed E-state index contributed by atoms with van der Waals surface area (Å²) < 4.78 is 56.3. The van der Waals surface area contributed by atoms with Crippen LogP contribution in [0.3, 0.4) is 0 Å². The maximum absolute atomic E-state index is 14.4. The zero-order valence-electron chi connectivity index (χ0n) is 20.7. The molecule has 5 rings (SSSR count). The third kappa shape index (κ3) is 4.46. The summed E-state index contributed by atoms with van der Waals surface area (Å²) in [4.78, 5) is 7.51. The molecule has 1 aliphatic carbocycles. The number of aromatic nitrogens is 4. The summed E-state index contributed by atoms with van der Waals surface area (Å²) in [6.45, 7) is 0.256. The lowest BCUT2D eigenvalue weighted by Gasteiger charge is -2.26. The average molecular weight is 520 g/mol. The van der Waals surface area contributed by atoms with Crippen molar-refractivity contribution >= 4 is 22.6 Å². The van der Waals surface area contributed by atoms with E-state index in [-0.39, 0.29) is 23.5 Å². The Bertz CT molecular complexity index is 1450. The minimum atomic E-state index is -3.17. The molecule has 3 heterocycles. The van der Waals surface area contributed by atoms with Gasteiger partial charge in [0.2, 0.25) is 0 Å². The van der Waals surface area contributed by atoms with Crippen molar-refractivity contribution in [3.63, 3.8) is 0 Å². The molecule has 3 aromatic heterocycles. The van der Waals surface area contributed by atoms with E-state index < -0.39 is 23.3 Å². The Labute approximate surface area is 212 Å². The number of hydrogen-bond donors (Lipinski definition) is 2. The molecule has 4 aromatic rings. The van der Waals surface area contributed by atoms with Crippen LogP contribution < -0.4 is 4.74 Å². The second kappa shape index (κ2) is 9.78. The third-order valence-corrected chi connectivity index (χ3v) is 7.32. The van der Waals surface area contributed by atoms with Gasteiger partial charge < -0.3 is 14.8 Å². The third-order valence-electron chi connectivity index (χ3n) is 6.95. The van der Waals surface area contributed by atoms with Crippen LogP contribution in [0.15, 0.2) is 36.8 Å². The summed E-state index contributed by atoms with van der Waals surface area (Å²) in [6.07, 6.45) is 7.92. The number of aliphatic hydroxyl groups excluding tert-OH is 1. The summed E-state index contributed by atoms with van der Waals surface area (Å²) in [5.41, 5.74) is 3.23. The smallest absolute Gasteiger partial charge is 0.387 e. The van der Waals surface area contributed by atoms with Crippen LogP contribution in [0.2, 0.25) is 5.02 Å². The Morgan fingerprint density at radius 2 is 2.00 bits per heavy atom. The number of aromatic amines is 1. The Morgan fingerprint density at radius 1 is 1.25 bits per heavy atom. The molecule has 0 bridgehead atoms. The van der Waals surface area contributed by atoms with Crippen molar-refractivity contribution < 1.29 is 24.4 Å². The topological polar surface area (TPSA) is 76.0 Å². The molecule has 0 spiro atoms. The highest BCUT2D eigenvalue weighted by molar-refractivity contribution is 6.31. The monoisotopic (exact) mass is 519 g/mol. The predicted octanol–water partition coefficient (Wildman–Crippen LogP) is 6.76. The van der Waals surface area contributed by atoms with Gasteiger partial charge in [0.25, 0.3) is 0 Å². The van der Waals surface area contributed by atoms with E-state index in [9.17, 15) is 18.3 Å². The molecule has 1 fully saturated rings. The first-order valence-electron chi connectivity index (χ1n) is 12.2. The lowest BCUT2D eigenvalue weighted by atomic mass is 9.91. The Balaban J connectivity index is 1.57. The predicted molar refractivity (Wildman–Crippen MR) is 131 cm³/mol. The van der Waals surface area contributed by atoms with Crippen molar-refractivity contribution in [3.05, 3.63) is 64.5 Å². The van der Waals surface area contributed by atoms with Gasteiger partial charge in [0, 0.05) is 47.4 Å². The van der Waals surface area contributed by atoms with Crippen LogP contribution in [0.1, 0.15) is 62.7 Å². The summed E-state index contributed by atoms with van der Waals surface area (Å²) in [5, 5.41) is 14.6. The first-order chi connectivity index (χ1) is 17.6. The fourth-order valence-corrected chi connectivity index (χ4v) is 5.35. The SMILES string of the molecule is [2H][C@@](C)(c1c(OC(F)F)ccc(F)c1Cl)c1c[nH]c2ncc(-c3cnn(C4CCC(O)CC4)c3C)cc12. The van der Waals surface area contributed by atoms with Crippen LogP contribution in [0.25, 0.3) is 22.2 Å². The molecule has 0 saturated heterocycles. The number of aliphatic hydroxyl groups is 1. The van der Waals surface area contributed by atoms with Crippen molar-refractivity contribution in [1.29, 1.82) is 0 Å². The molecule has 0 radical (unpaired) electrons. The molecule has 1 aromatic carbocycles. The largest absolute Gasteiger partial charge is 0.434 e. The van der Waals surface area contributed by atoms with E-state index in [0.29, 0.717) is 16.6 Å². The van der Waals surface area contributed by atoms with Crippen molar-refractivity contribution in [2.24, 2.45) is 0 Å². The van der Waals surface area contributed by atoms with Gasteiger partial charge in [-0.25, -0.2) is 9.37 Å². The molecular weight excluding hydrogens is 493 g/mol.